The van der Waals surface area contributed by atoms with Crippen LogP contribution in [0.4, 0.5) is 0 Å². The Morgan fingerprint density at radius 1 is 1.25 bits per heavy atom. The lowest BCUT2D eigenvalue weighted by molar-refractivity contribution is 0.654. The van der Waals surface area contributed by atoms with Gasteiger partial charge in [0.25, 0.3) is 0 Å². The van der Waals surface area contributed by atoms with Gasteiger partial charge in [-0.1, -0.05) is 32.0 Å². The van der Waals surface area contributed by atoms with Gasteiger partial charge in [-0.2, -0.15) is 0 Å². The zero-order valence-electron chi connectivity index (χ0n) is 7.58. The van der Waals surface area contributed by atoms with Crippen molar-refractivity contribution in [2.75, 3.05) is 5.88 Å². The SMILES string of the molecule is CC(C)NCSc1ccccc1. The summed E-state index contributed by atoms with van der Waals surface area (Å²) in [4.78, 5) is 1.32. The maximum absolute atomic E-state index is 3.36. The molecule has 0 aliphatic rings. The lowest BCUT2D eigenvalue weighted by atomic mass is 10.4. The van der Waals surface area contributed by atoms with E-state index in [1.54, 1.807) is 0 Å². The molecule has 1 rings (SSSR count). The molecule has 0 bridgehead atoms. The van der Waals surface area contributed by atoms with E-state index in [1.807, 2.05) is 17.8 Å². The predicted molar refractivity (Wildman–Crippen MR) is 55.4 cm³/mol. The van der Waals surface area contributed by atoms with Crippen LogP contribution >= 0.6 is 11.8 Å². The Balaban J connectivity index is 2.25. The molecule has 66 valence electrons. The molecule has 0 heterocycles. The molecular weight excluding hydrogens is 166 g/mol. The topological polar surface area (TPSA) is 12.0 Å². The first kappa shape index (κ1) is 9.62. The maximum Gasteiger partial charge on any atom is 0.0467 e. The van der Waals surface area contributed by atoms with Gasteiger partial charge >= 0.3 is 0 Å². The average molecular weight is 181 g/mol. The van der Waals surface area contributed by atoms with E-state index < -0.39 is 0 Å². The average Bonchev–Trinajstić information content (AvgIpc) is 2.05. The van der Waals surface area contributed by atoms with Crippen molar-refractivity contribution in [2.24, 2.45) is 0 Å². The minimum Gasteiger partial charge on any atom is -0.305 e. The van der Waals surface area contributed by atoms with Gasteiger partial charge in [0, 0.05) is 16.8 Å². The summed E-state index contributed by atoms with van der Waals surface area (Å²) in [7, 11) is 0. The van der Waals surface area contributed by atoms with Crippen molar-refractivity contribution in [2.45, 2.75) is 24.8 Å². The molecular formula is C10H15NS. The van der Waals surface area contributed by atoms with Crippen LogP contribution in [0.25, 0.3) is 0 Å². The van der Waals surface area contributed by atoms with Crippen molar-refractivity contribution in [3.63, 3.8) is 0 Å². The number of nitrogens with one attached hydrogen (secondary N) is 1. The van der Waals surface area contributed by atoms with Crippen molar-refractivity contribution in [1.82, 2.24) is 5.32 Å². The summed E-state index contributed by atoms with van der Waals surface area (Å²) in [6.07, 6.45) is 0. The molecule has 1 nitrogen and oxygen atoms in total. The second kappa shape index (κ2) is 5.22. The second-order valence-electron chi connectivity index (χ2n) is 2.96. The normalized spacial score (nSPS) is 10.6. The molecule has 1 N–H and O–H groups in total. The van der Waals surface area contributed by atoms with Crippen LogP contribution in [0.1, 0.15) is 13.8 Å². The van der Waals surface area contributed by atoms with Crippen molar-refractivity contribution in [1.29, 1.82) is 0 Å². The largest absolute Gasteiger partial charge is 0.305 e. The molecule has 0 aromatic heterocycles. The molecule has 0 fully saturated rings. The zero-order chi connectivity index (χ0) is 8.81. The third kappa shape index (κ3) is 3.79. The van der Waals surface area contributed by atoms with E-state index in [4.69, 9.17) is 0 Å². The number of thioether (sulfide) groups is 1. The molecule has 0 atom stereocenters. The van der Waals surface area contributed by atoms with Gasteiger partial charge in [-0.25, -0.2) is 0 Å². The van der Waals surface area contributed by atoms with Crippen molar-refractivity contribution in [3.8, 4) is 0 Å². The van der Waals surface area contributed by atoms with Crippen LogP contribution < -0.4 is 5.32 Å². The Hall–Kier alpha value is -0.470. The van der Waals surface area contributed by atoms with E-state index >= 15 is 0 Å². The zero-order valence-corrected chi connectivity index (χ0v) is 8.40. The number of rotatable bonds is 4. The maximum atomic E-state index is 3.36. The summed E-state index contributed by atoms with van der Waals surface area (Å²) in [6, 6.07) is 11.0. The van der Waals surface area contributed by atoms with Gasteiger partial charge in [0.2, 0.25) is 0 Å². The van der Waals surface area contributed by atoms with Crippen LogP contribution in [-0.4, -0.2) is 11.9 Å². The van der Waals surface area contributed by atoms with Crippen LogP contribution in [0.15, 0.2) is 35.2 Å². The Morgan fingerprint density at radius 3 is 2.50 bits per heavy atom. The third-order valence-corrected chi connectivity index (χ3v) is 2.39. The minimum atomic E-state index is 0.571. The lowest BCUT2D eigenvalue weighted by Crippen LogP contribution is -2.21. The van der Waals surface area contributed by atoms with E-state index in [0.717, 1.165) is 5.88 Å². The fraction of sp³-hybridized carbons (Fsp3) is 0.400. The van der Waals surface area contributed by atoms with Gasteiger partial charge in [-0.05, 0) is 12.1 Å². The highest BCUT2D eigenvalue weighted by atomic mass is 32.2. The molecule has 0 amide bonds. The molecule has 0 saturated carbocycles. The minimum absolute atomic E-state index is 0.571. The molecule has 0 radical (unpaired) electrons. The monoisotopic (exact) mass is 181 g/mol. The Labute approximate surface area is 78.6 Å². The van der Waals surface area contributed by atoms with E-state index in [2.05, 4.69) is 43.4 Å². The Bertz CT molecular complexity index is 208. The van der Waals surface area contributed by atoms with Crippen LogP contribution in [0.2, 0.25) is 0 Å². The molecule has 12 heavy (non-hydrogen) atoms. The summed E-state index contributed by atoms with van der Waals surface area (Å²) >= 11 is 1.84. The first-order valence-electron chi connectivity index (χ1n) is 4.20. The highest BCUT2D eigenvalue weighted by Crippen LogP contribution is 2.15. The van der Waals surface area contributed by atoms with E-state index in [1.165, 1.54) is 4.90 Å². The molecule has 0 spiro atoms. The van der Waals surface area contributed by atoms with E-state index in [0.29, 0.717) is 6.04 Å². The molecule has 0 aliphatic carbocycles. The van der Waals surface area contributed by atoms with Gasteiger partial charge in [-0.15, -0.1) is 11.8 Å². The summed E-state index contributed by atoms with van der Waals surface area (Å²) in [5, 5.41) is 3.36. The molecule has 0 unspecified atom stereocenters. The van der Waals surface area contributed by atoms with E-state index in [-0.39, 0.29) is 0 Å². The predicted octanol–water partition coefficient (Wildman–Crippen LogP) is 2.73. The number of hydrogen-bond acceptors (Lipinski definition) is 2. The van der Waals surface area contributed by atoms with Gasteiger partial charge < -0.3 is 5.32 Å². The first-order chi connectivity index (χ1) is 5.79. The van der Waals surface area contributed by atoms with Crippen LogP contribution in [0.3, 0.4) is 0 Å². The molecule has 2 heteroatoms. The molecule has 1 aromatic rings. The molecule has 1 aromatic carbocycles. The van der Waals surface area contributed by atoms with E-state index in [9.17, 15) is 0 Å². The summed E-state index contributed by atoms with van der Waals surface area (Å²) < 4.78 is 0. The van der Waals surface area contributed by atoms with Crippen molar-refractivity contribution >= 4 is 11.8 Å². The fourth-order valence-electron chi connectivity index (χ4n) is 0.808. The highest BCUT2D eigenvalue weighted by Gasteiger charge is 1.93. The van der Waals surface area contributed by atoms with Crippen LogP contribution in [0.5, 0.6) is 0 Å². The van der Waals surface area contributed by atoms with Gasteiger partial charge in [0.15, 0.2) is 0 Å². The van der Waals surface area contributed by atoms with Gasteiger partial charge in [0.05, 0.1) is 0 Å². The summed E-state index contributed by atoms with van der Waals surface area (Å²) in [6.45, 7) is 4.32. The standard InChI is InChI=1S/C10H15NS/c1-9(2)11-8-12-10-6-4-3-5-7-10/h3-7,9,11H,8H2,1-2H3. The van der Waals surface area contributed by atoms with Gasteiger partial charge in [0.1, 0.15) is 0 Å². The first-order valence-corrected chi connectivity index (χ1v) is 5.19. The van der Waals surface area contributed by atoms with Crippen molar-refractivity contribution in [3.05, 3.63) is 30.3 Å². The molecule has 0 saturated heterocycles. The molecule has 0 aliphatic heterocycles. The fourth-order valence-corrected chi connectivity index (χ4v) is 1.74. The Morgan fingerprint density at radius 2 is 1.92 bits per heavy atom. The summed E-state index contributed by atoms with van der Waals surface area (Å²) in [5.74, 6) is 0.988. The second-order valence-corrected chi connectivity index (χ2v) is 4.01. The summed E-state index contributed by atoms with van der Waals surface area (Å²) in [5.41, 5.74) is 0. The smallest absolute Gasteiger partial charge is 0.0467 e. The lowest BCUT2D eigenvalue weighted by Gasteiger charge is -2.06. The van der Waals surface area contributed by atoms with Crippen molar-refractivity contribution < 1.29 is 0 Å². The highest BCUT2D eigenvalue weighted by molar-refractivity contribution is 7.99. The quantitative estimate of drug-likeness (QED) is 0.566. The third-order valence-electron chi connectivity index (χ3n) is 1.47. The van der Waals surface area contributed by atoms with Gasteiger partial charge in [-0.3, -0.25) is 0 Å². The van der Waals surface area contributed by atoms with Crippen LogP contribution in [-0.2, 0) is 0 Å². The number of benzene rings is 1. The number of hydrogen-bond donors (Lipinski definition) is 1. The van der Waals surface area contributed by atoms with Crippen LogP contribution in [0, 0.1) is 0 Å². The Kier molecular flexibility index (Phi) is 4.19.